The summed E-state index contributed by atoms with van der Waals surface area (Å²) in [6, 6.07) is 8.93. The number of hydrogen-bond acceptors (Lipinski definition) is 8. The van der Waals surface area contributed by atoms with Gasteiger partial charge in [0.15, 0.2) is 0 Å². The van der Waals surface area contributed by atoms with Gasteiger partial charge in [-0.15, -0.1) is 0 Å². The number of carbonyl (C=O) groups excluding carboxylic acids is 1. The van der Waals surface area contributed by atoms with Gasteiger partial charge >= 0.3 is 13.8 Å². The molecule has 0 spiro atoms. The average molecular weight is 548 g/mol. The molecular formula is C23H20F3N6O5P. The van der Waals surface area contributed by atoms with Gasteiger partial charge in [-0.25, -0.2) is 4.98 Å². The molecule has 11 nitrogen and oxygen atoms in total. The quantitative estimate of drug-likeness (QED) is 0.316. The summed E-state index contributed by atoms with van der Waals surface area (Å²) >= 11 is 0. The van der Waals surface area contributed by atoms with Gasteiger partial charge in [-0.1, -0.05) is 6.07 Å². The van der Waals surface area contributed by atoms with Gasteiger partial charge in [0.25, 0.3) is 5.91 Å². The van der Waals surface area contributed by atoms with E-state index in [1.54, 1.807) is 0 Å². The number of rotatable bonds is 7. The molecule has 3 aromatic rings. The molecule has 15 heteroatoms. The molecule has 198 valence electrons. The SMILES string of the molecule is COc1cc(CP(=O)(O)O)ccc1Nc1ncc(C(F)(F)F)c(Nc2ccc(C#N)c3c2C(=O)N(C)C3)n1. The van der Waals surface area contributed by atoms with E-state index < -0.39 is 37.2 Å². The van der Waals surface area contributed by atoms with E-state index in [9.17, 15) is 37.6 Å². The summed E-state index contributed by atoms with van der Waals surface area (Å²) in [6.45, 7) is 0.132. The van der Waals surface area contributed by atoms with E-state index in [-0.39, 0.29) is 46.3 Å². The number of alkyl halides is 3. The lowest BCUT2D eigenvalue weighted by Gasteiger charge is -2.17. The van der Waals surface area contributed by atoms with Gasteiger partial charge in [0.2, 0.25) is 5.95 Å². The molecule has 0 unspecified atom stereocenters. The van der Waals surface area contributed by atoms with E-state index in [2.05, 4.69) is 20.6 Å². The number of nitrogens with one attached hydrogen (secondary N) is 2. The highest BCUT2D eigenvalue weighted by Gasteiger charge is 2.37. The number of nitriles is 1. The number of aromatic nitrogens is 2. The predicted molar refractivity (Wildman–Crippen MR) is 129 cm³/mol. The summed E-state index contributed by atoms with van der Waals surface area (Å²) in [5.41, 5.74) is 0.0658. The van der Waals surface area contributed by atoms with Crippen LogP contribution in [0.25, 0.3) is 0 Å². The molecule has 1 aliphatic rings. The second kappa shape index (κ2) is 9.94. The second-order valence-corrected chi connectivity index (χ2v) is 9.99. The van der Waals surface area contributed by atoms with Gasteiger partial charge in [0, 0.05) is 25.4 Å². The molecule has 0 saturated heterocycles. The summed E-state index contributed by atoms with van der Waals surface area (Å²) < 4.78 is 57.9. The van der Waals surface area contributed by atoms with E-state index in [4.69, 9.17) is 4.74 Å². The van der Waals surface area contributed by atoms with Crippen LogP contribution in [0.3, 0.4) is 0 Å². The first kappa shape index (κ1) is 26.9. The molecule has 2 aromatic carbocycles. The summed E-state index contributed by atoms with van der Waals surface area (Å²) in [4.78, 5) is 40.2. The van der Waals surface area contributed by atoms with Crippen LogP contribution in [0.1, 0.15) is 32.6 Å². The van der Waals surface area contributed by atoms with Crippen molar-refractivity contribution in [2.24, 2.45) is 0 Å². The number of hydrogen-bond donors (Lipinski definition) is 4. The molecular weight excluding hydrogens is 528 g/mol. The maximum absolute atomic E-state index is 13.8. The molecule has 0 fully saturated rings. The summed E-state index contributed by atoms with van der Waals surface area (Å²) in [5.74, 6) is -1.20. The van der Waals surface area contributed by atoms with Crippen molar-refractivity contribution in [1.82, 2.24) is 14.9 Å². The topological polar surface area (TPSA) is 161 Å². The van der Waals surface area contributed by atoms with Crippen LogP contribution in [0, 0.1) is 11.3 Å². The number of amides is 1. The first-order chi connectivity index (χ1) is 17.8. The van der Waals surface area contributed by atoms with Gasteiger partial charge in [-0.05, 0) is 29.8 Å². The minimum Gasteiger partial charge on any atom is -0.495 e. The molecule has 0 saturated carbocycles. The Morgan fingerprint density at radius 1 is 1.21 bits per heavy atom. The van der Waals surface area contributed by atoms with Crippen molar-refractivity contribution in [1.29, 1.82) is 5.26 Å². The number of anilines is 4. The lowest BCUT2D eigenvalue weighted by atomic mass is 10.0. The Morgan fingerprint density at radius 2 is 1.92 bits per heavy atom. The fourth-order valence-corrected chi connectivity index (χ4v) is 4.61. The Bertz CT molecular complexity index is 1520. The van der Waals surface area contributed by atoms with Gasteiger partial charge in [0.05, 0.1) is 41.8 Å². The average Bonchev–Trinajstić information content (AvgIpc) is 3.13. The van der Waals surface area contributed by atoms with Crippen LogP contribution in [0.2, 0.25) is 0 Å². The number of nitrogens with zero attached hydrogens (tertiary/aromatic N) is 4. The first-order valence-corrected chi connectivity index (χ1v) is 12.6. The van der Waals surface area contributed by atoms with Gasteiger partial charge in [0.1, 0.15) is 17.1 Å². The van der Waals surface area contributed by atoms with E-state index in [0.29, 0.717) is 11.8 Å². The van der Waals surface area contributed by atoms with Crippen LogP contribution < -0.4 is 15.4 Å². The van der Waals surface area contributed by atoms with Crippen LogP contribution in [-0.4, -0.2) is 44.7 Å². The number of ether oxygens (including phenoxy) is 1. The molecule has 1 aromatic heterocycles. The Balaban J connectivity index is 1.73. The zero-order chi connectivity index (χ0) is 27.8. The maximum atomic E-state index is 13.8. The highest BCUT2D eigenvalue weighted by molar-refractivity contribution is 7.50. The highest BCUT2D eigenvalue weighted by Crippen LogP contribution is 2.41. The van der Waals surface area contributed by atoms with Crippen molar-refractivity contribution < 1.29 is 37.1 Å². The van der Waals surface area contributed by atoms with Crippen molar-refractivity contribution >= 4 is 36.6 Å². The molecule has 1 amide bonds. The number of methoxy groups -OCH3 is 1. The lowest BCUT2D eigenvalue weighted by Crippen LogP contribution is -2.18. The van der Waals surface area contributed by atoms with Gasteiger partial charge < -0.3 is 30.1 Å². The van der Waals surface area contributed by atoms with E-state index in [1.807, 2.05) is 6.07 Å². The van der Waals surface area contributed by atoms with Gasteiger partial charge in [-0.3, -0.25) is 9.36 Å². The van der Waals surface area contributed by atoms with Gasteiger partial charge in [-0.2, -0.15) is 23.4 Å². The molecule has 0 atom stereocenters. The summed E-state index contributed by atoms with van der Waals surface area (Å²) in [6.07, 6.45) is -4.79. The van der Waals surface area contributed by atoms with E-state index >= 15 is 0 Å². The monoisotopic (exact) mass is 548 g/mol. The number of fused-ring (bicyclic) bond motifs is 1. The zero-order valence-corrected chi connectivity index (χ0v) is 20.8. The molecule has 0 aliphatic carbocycles. The molecule has 4 N–H and O–H groups in total. The number of halogens is 3. The minimum atomic E-state index is -4.83. The third-order valence-electron chi connectivity index (χ3n) is 5.64. The van der Waals surface area contributed by atoms with Crippen molar-refractivity contribution in [2.45, 2.75) is 18.9 Å². The van der Waals surface area contributed by atoms with Crippen LogP contribution >= 0.6 is 7.60 Å². The highest BCUT2D eigenvalue weighted by atomic mass is 31.2. The second-order valence-electron chi connectivity index (χ2n) is 8.35. The van der Waals surface area contributed by atoms with E-state index in [1.165, 1.54) is 49.4 Å². The van der Waals surface area contributed by atoms with Crippen LogP contribution in [-0.2, 0) is 23.4 Å². The number of carbonyl (C=O) groups is 1. The molecule has 38 heavy (non-hydrogen) atoms. The van der Waals surface area contributed by atoms with Crippen LogP contribution in [0.4, 0.5) is 36.3 Å². The molecule has 0 radical (unpaired) electrons. The fourth-order valence-electron chi connectivity index (χ4n) is 3.93. The van der Waals surface area contributed by atoms with Crippen molar-refractivity contribution in [3.63, 3.8) is 0 Å². The zero-order valence-electron chi connectivity index (χ0n) is 19.9. The van der Waals surface area contributed by atoms with E-state index in [0.717, 1.165) is 0 Å². The standard InChI is InChI=1S/C23H20F3N6O5P/c1-32-10-14-13(8-27)4-6-17(19(14)21(32)33)29-20-15(23(24,25)26)9-28-22(31-20)30-16-5-3-12(7-18(16)37-2)11-38(34,35)36/h3-7,9H,10-11H2,1-2H3,(H2,34,35,36)(H2,28,29,30,31). The number of benzene rings is 2. The summed E-state index contributed by atoms with van der Waals surface area (Å²) in [7, 11) is -1.52. The summed E-state index contributed by atoms with van der Waals surface area (Å²) in [5, 5.41) is 14.7. The lowest BCUT2D eigenvalue weighted by molar-refractivity contribution is -0.137. The first-order valence-electron chi connectivity index (χ1n) is 10.8. The van der Waals surface area contributed by atoms with Crippen molar-refractivity contribution in [3.05, 3.63) is 64.3 Å². The molecule has 0 bridgehead atoms. The molecule has 2 heterocycles. The Kier molecular flexibility index (Phi) is 7.03. The Hall–Kier alpha value is -4.18. The van der Waals surface area contributed by atoms with Crippen molar-refractivity contribution in [2.75, 3.05) is 24.8 Å². The Morgan fingerprint density at radius 3 is 2.55 bits per heavy atom. The molecule has 1 aliphatic heterocycles. The largest absolute Gasteiger partial charge is 0.495 e. The minimum absolute atomic E-state index is 0.0443. The van der Waals surface area contributed by atoms with Crippen molar-refractivity contribution in [3.8, 4) is 11.8 Å². The van der Waals surface area contributed by atoms with Crippen LogP contribution in [0.5, 0.6) is 5.75 Å². The maximum Gasteiger partial charge on any atom is 0.421 e. The normalized spacial score (nSPS) is 13.2. The third-order valence-corrected chi connectivity index (χ3v) is 6.41. The molecule has 4 rings (SSSR count). The fraction of sp³-hybridized carbons (Fsp3) is 0.217. The van der Waals surface area contributed by atoms with Crippen LogP contribution in [0.15, 0.2) is 36.5 Å². The predicted octanol–water partition coefficient (Wildman–Crippen LogP) is 4.13. The Labute approximate surface area is 214 Å². The smallest absolute Gasteiger partial charge is 0.421 e. The third kappa shape index (κ3) is 5.55.